The van der Waals surface area contributed by atoms with Crippen LogP contribution in [-0.4, -0.2) is 55.1 Å². The summed E-state index contributed by atoms with van der Waals surface area (Å²) < 4.78 is 18.3. The Balaban J connectivity index is 2.38. The molecule has 0 saturated carbocycles. The number of nitrogens with zero attached hydrogens (tertiary/aromatic N) is 1. The fourth-order valence-electron chi connectivity index (χ4n) is 1.65. The summed E-state index contributed by atoms with van der Waals surface area (Å²) in [6.07, 6.45) is 0.308. The molecule has 0 aromatic heterocycles. The zero-order valence-corrected chi connectivity index (χ0v) is 12.4. The van der Waals surface area contributed by atoms with Crippen LogP contribution in [0.2, 0.25) is 0 Å². The first kappa shape index (κ1) is 16.9. The predicted octanol–water partition coefficient (Wildman–Crippen LogP) is 1.78. The van der Waals surface area contributed by atoms with Crippen molar-refractivity contribution in [3.8, 4) is 0 Å². The molecule has 20 heavy (non-hydrogen) atoms. The van der Waals surface area contributed by atoms with E-state index in [1.165, 1.54) is 17.8 Å². The Morgan fingerprint density at radius 1 is 1.40 bits per heavy atom. The number of methoxy groups -OCH3 is 1. The van der Waals surface area contributed by atoms with Crippen LogP contribution >= 0.6 is 11.8 Å². The van der Waals surface area contributed by atoms with Gasteiger partial charge in [0.2, 0.25) is 5.91 Å². The van der Waals surface area contributed by atoms with Crippen LogP contribution in [0.25, 0.3) is 0 Å². The molecule has 1 amide bonds. The van der Waals surface area contributed by atoms with Crippen molar-refractivity contribution >= 4 is 17.7 Å². The molecule has 1 aromatic rings. The number of halogens is 1. The molecule has 0 bridgehead atoms. The van der Waals surface area contributed by atoms with E-state index in [0.29, 0.717) is 36.8 Å². The van der Waals surface area contributed by atoms with E-state index in [1.54, 1.807) is 30.2 Å². The molecule has 1 N–H and O–H groups in total. The van der Waals surface area contributed by atoms with E-state index in [1.807, 2.05) is 0 Å². The molecule has 0 fully saturated rings. The quantitative estimate of drug-likeness (QED) is 0.706. The first-order valence-electron chi connectivity index (χ1n) is 6.44. The molecule has 0 saturated heterocycles. The minimum atomic E-state index is -0.267. The largest absolute Gasteiger partial charge is 0.395 e. The smallest absolute Gasteiger partial charge is 0.223 e. The van der Waals surface area contributed by atoms with Gasteiger partial charge in [0.05, 0.1) is 13.2 Å². The second kappa shape index (κ2) is 9.74. The predicted molar refractivity (Wildman–Crippen MR) is 77.3 cm³/mol. The van der Waals surface area contributed by atoms with Crippen molar-refractivity contribution in [2.24, 2.45) is 0 Å². The van der Waals surface area contributed by atoms with Gasteiger partial charge in [0.1, 0.15) is 5.82 Å². The molecule has 0 aliphatic heterocycles. The maximum Gasteiger partial charge on any atom is 0.223 e. The Morgan fingerprint density at radius 2 is 2.15 bits per heavy atom. The SMILES string of the molecule is COCCN(CCO)C(=O)CCSc1ccccc1F. The van der Waals surface area contributed by atoms with Gasteiger partial charge >= 0.3 is 0 Å². The van der Waals surface area contributed by atoms with Gasteiger partial charge < -0.3 is 14.7 Å². The summed E-state index contributed by atoms with van der Waals surface area (Å²) in [7, 11) is 1.57. The van der Waals surface area contributed by atoms with E-state index in [4.69, 9.17) is 9.84 Å². The zero-order chi connectivity index (χ0) is 14.8. The van der Waals surface area contributed by atoms with Gasteiger partial charge in [-0.3, -0.25) is 4.79 Å². The van der Waals surface area contributed by atoms with Gasteiger partial charge in [-0.15, -0.1) is 11.8 Å². The molecule has 6 heteroatoms. The van der Waals surface area contributed by atoms with Crippen LogP contribution in [0.15, 0.2) is 29.2 Å². The molecule has 0 unspecified atom stereocenters. The number of hydrogen-bond donors (Lipinski definition) is 1. The molecule has 0 atom stereocenters. The number of aliphatic hydroxyl groups excluding tert-OH is 1. The normalized spacial score (nSPS) is 10.6. The van der Waals surface area contributed by atoms with Gasteiger partial charge in [-0.1, -0.05) is 12.1 Å². The fourth-order valence-corrected chi connectivity index (χ4v) is 2.53. The number of carbonyl (C=O) groups excluding carboxylic acids is 1. The maximum absolute atomic E-state index is 13.4. The van der Waals surface area contributed by atoms with Crippen LogP contribution < -0.4 is 0 Å². The lowest BCUT2D eigenvalue weighted by molar-refractivity contribution is -0.131. The number of aliphatic hydroxyl groups is 1. The number of ether oxygens (including phenoxy) is 1. The monoisotopic (exact) mass is 301 g/mol. The van der Waals surface area contributed by atoms with Gasteiger partial charge in [0.15, 0.2) is 0 Å². The van der Waals surface area contributed by atoms with Gasteiger partial charge in [0, 0.05) is 37.3 Å². The summed E-state index contributed by atoms with van der Waals surface area (Å²) in [6, 6.07) is 6.50. The second-order valence-corrected chi connectivity index (χ2v) is 5.26. The molecule has 0 radical (unpaired) electrons. The van der Waals surface area contributed by atoms with Crippen molar-refractivity contribution in [3.63, 3.8) is 0 Å². The summed E-state index contributed by atoms with van der Waals surface area (Å²) in [5.41, 5.74) is 0. The molecule has 4 nitrogen and oxygen atoms in total. The fraction of sp³-hybridized carbons (Fsp3) is 0.500. The summed E-state index contributed by atoms with van der Waals surface area (Å²) >= 11 is 1.32. The van der Waals surface area contributed by atoms with E-state index in [0.717, 1.165) is 0 Å². The molecular formula is C14H20FNO3S. The van der Waals surface area contributed by atoms with Crippen molar-refractivity contribution in [2.45, 2.75) is 11.3 Å². The highest BCUT2D eigenvalue weighted by atomic mass is 32.2. The van der Waals surface area contributed by atoms with Crippen LogP contribution in [0.1, 0.15) is 6.42 Å². The van der Waals surface area contributed by atoms with E-state index in [2.05, 4.69) is 0 Å². The van der Waals surface area contributed by atoms with Crippen LogP contribution in [0.3, 0.4) is 0 Å². The first-order valence-corrected chi connectivity index (χ1v) is 7.42. The van der Waals surface area contributed by atoms with Gasteiger partial charge in [-0.2, -0.15) is 0 Å². The lowest BCUT2D eigenvalue weighted by atomic mass is 10.3. The van der Waals surface area contributed by atoms with Crippen molar-refractivity contribution in [1.82, 2.24) is 4.90 Å². The number of thioether (sulfide) groups is 1. The number of rotatable bonds is 9. The second-order valence-electron chi connectivity index (χ2n) is 4.13. The minimum absolute atomic E-state index is 0.0556. The Bertz CT molecular complexity index is 417. The third-order valence-electron chi connectivity index (χ3n) is 2.70. The Hall–Kier alpha value is -1.11. The number of amides is 1. The van der Waals surface area contributed by atoms with Gasteiger partial charge in [-0.05, 0) is 12.1 Å². The first-order chi connectivity index (χ1) is 9.69. The van der Waals surface area contributed by atoms with Crippen molar-refractivity contribution in [1.29, 1.82) is 0 Å². The third-order valence-corrected chi connectivity index (χ3v) is 3.75. The molecule has 112 valence electrons. The minimum Gasteiger partial charge on any atom is -0.395 e. The summed E-state index contributed by atoms with van der Waals surface area (Å²) in [5.74, 6) is 0.186. The number of benzene rings is 1. The van der Waals surface area contributed by atoms with Crippen molar-refractivity contribution < 1.29 is 19.0 Å². The van der Waals surface area contributed by atoms with E-state index in [-0.39, 0.29) is 18.3 Å². The van der Waals surface area contributed by atoms with E-state index < -0.39 is 0 Å². The molecule has 0 heterocycles. The molecule has 0 aliphatic rings. The Kier molecular flexibility index (Phi) is 8.25. The van der Waals surface area contributed by atoms with Crippen LogP contribution in [-0.2, 0) is 9.53 Å². The Labute approximate surface area is 122 Å². The maximum atomic E-state index is 13.4. The topological polar surface area (TPSA) is 49.8 Å². The molecule has 1 aromatic carbocycles. The molecule has 1 rings (SSSR count). The van der Waals surface area contributed by atoms with Crippen molar-refractivity contribution in [2.75, 3.05) is 39.2 Å². The van der Waals surface area contributed by atoms with Crippen molar-refractivity contribution in [3.05, 3.63) is 30.1 Å². The summed E-state index contributed by atoms with van der Waals surface area (Å²) in [5, 5.41) is 8.94. The Morgan fingerprint density at radius 3 is 2.80 bits per heavy atom. The zero-order valence-electron chi connectivity index (χ0n) is 11.5. The third kappa shape index (κ3) is 5.90. The van der Waals surface area contributed by atoms with Crippen LogP contribution in [0.5, 0.6) is 0 Å². The lowest BCUT2D eigenvalue weighted by Crippen LogP contribution is -2.36. The highest BCUT2D eigenvalue weighted by molar-refractivity contribution is 7.99. The van der Waals surface area contributed by atoms with E-state index >= 15 is 0 Å². The van der Waals surface area contributed by atoms with Gasteiger partial charge in [0.25, 0.3) is 0 Å². The molecule has 0 aliphatic carbocycles. The number of carbonyl (C=O) groups is 1. The molecule has 0 spiro atoms. The average molecular weight is 301 g/mol. The molecular weight excluding hydrogens is 281 g/mol. The summed E-state index contributed by atoms with van der Waals surface area (Å²) in [4.78, 5) is 14.1. The standard InChI is InChI=1S/C14H20FNO3S/c1-19-10-8-16(7-9-17)14(18)6-11-20-13-5-3-2-4-12(13)15/h2-5,17H,6-11H2,1H3. The highest BCUT2D eigenvalue weighted by Crippen LogP contribution is 2.21. The summed E-state index contributed by atoms with van der Waals surface area (Å²) in [6.45, 7) is 1.12. The average Bonchev–Trinajstić information content (AvgIpc) is 2.45. The van der Waals surface area contributed by atoms with Gasteiger partial charge in [-0.25, -0.2) is 4.39 Å². The lowest BCUT2D eigenvalue weighted by Gasteiger charge is -2.21. The van der Waals surface area contributed by atoms with Crippen LogP contribution in [0, 0.1) is 5.82 Å². The van der Waals surface area contributed by atoms with Crippen LogP contribution in [0.4, 0.5) is 4.39 Å². The number of hydrogen-bond acceptors (Lipinski definition) is 4. The highest BCUT2D eigenvalue weighted by Gasteiger charge is 2.12. The van der Waals surface area contributed by atoms with E-state index in [9.17, 15) is 9.18 Å².